The van der Waals surface area contributed by atoms with Crippen LogP contribution >= 0.6 is 11.3 Å². The van der Waals surface area contributed by atoms with Crippen LogP contribution in [0.1, 0.15) is 54.3 Å². The van der Waals surface area contributed by atoms with Crippen molar-refractivity contribution in [1.29, 1.82) is 0 Å². The number of likely N-dealkylation sites (tertiary alicyclic amines) is 1. The first-order valence-electron chi connectivity index (χ1n) is 7.15. The second-order valence-electron chi connectivity index (χ2n) is 5.86. The standard InChI is InChI=1S/C14H23N3OS/c1-10(2)6-7-12-5-4-8-17(9-12)14(18)13-16-15-11(3)19-13/h10,12H,4-9H2,1-3H3/t12-/m1/s1. The van der Waals surface area contributed by atoms with Gasteiger partial charge in [0.15, 0.2) is 0 Å². The molecule has 0 unspecified atom stereocenters. The zero-order valence-corrected chi connectivity index (χ0v) is 12.9. The number of rotatable bonds is 4. The summed E-state index contributed by atoms with van der Waals surface area (Å²) in [6, 6.07) is 0. The van der Waals surface area contributed by atoms with Crippen LogP contribution in [0.25, 0.3) is 0 Å². The minimum absolute atomic E-state index is 0.0693. The average molecular weight is 281 g/mol. The molecule has 5 heteroatoms. The SMILES string of the molecule is Cc1nnc(C(=O)N2CCC[C@H](CCC(C)C)C2)s1. The van der Waals surface area contributed by atoms with E-state index >= 15 is 0 Å². The van der Waals surface area contributed by atoms with Crippen LogP contribution < -0.4 is 0 Å². The van der Waals surface area contributed by atoms with E-state index in [4.69, 9.17) is 0 Å². The lowest BCUT2D eigenvalue weighted by atomic mass is 9.91. The number of piperidine rings is 1. The molecule has 1 aliphatic rings. The Balaban J connectivity index is 1.91. The van der Waals surface area contributed by atoms with E-state index in [1.807, 2.05) is 11.8 Å². The Bertz CT molecular complexity index is 430. The Kier molecular flexibility index (Phi) is 4.91. The van der Waals surface area contributed by atoms with Crippen molar-refractivity contribution in [1.82, 2.24) is 15.1 Å². The predicted octanol–water partition coefficient (Wildman–Crippen LogP) is 3.13. The molecule has 0 spiro atoms. The van der Waals surface area contributed by atoms with E-state index in [0.717, 1.165) is 30.4 Å². The molecular weight excluding hydrogens is 258 g/mol. The lowest BCUT2D eigenvalue weighted by Crippen LogP contribution is -2.40. The molecule has 1 saturated heterocycles. The fraction of sp³-hybridized carbons (Fsp3) is 0.786. The van der Waals surface area contributed by atoms with Gasteiger partial charge in [-0.15, -0.1) is 10.2 Å². The molecule has 1 aliphatic heterocycles. The van der Waals surface area contributed by atoms with E-state index < -0.39 is 0 Å². The molecule has 0 aromatic carbocycles. The van der Waals surface area contributed by atoms with Gasteiger partial charge in [-0.3, -0.25) is 4.79 Å². The summed E-state index contributed by atoms with van der Waals surface area (Å²) in [6.07, 6.45) is 4.86. The third-order valence-electron chi connectivity index (χ3n) is 3.67. The second-order valence-corrected chi connectivity index (χ2v) is 7.04. The molecule has 0 radical (unpaired) electrons. The zero-order chi connectivity index (χ0) is 13.8. The predicted molar refractivity (Wildman–Crippen MR) is 77.3 cm³/mol. The Labute approximate surface area is 119 Å². The maximum absolute atomic E-state index is 12.3. The summed E-state index contributed by atoms with van der Waals surface area (Å²) in [5.41, 5.74) is 0. The zero-order valence-electron chi connectivity index (χ0n) is 12.1. The monoisotopic (exact) mass is 281 g/mol. The molecule has 1 fully saturated rings. The van der Waals surface area contributed by atoms with E-state index in [2.05, 4.69) is 24.0 Å². The van der Waals surface area contributed by atoms with Crippen molar-refractivity contribution in [2.24, 2.45) is 11.8 Å². The van der Waals surface area contributed by atoms with Crippen molar-refractivity contribution in [3.05, 3.63) is 10.0 Å². The maximum Gasteiger partial charge on any atom is 0.284 e. The molecule has 1 aromatic rings. The highest BCUT2D eigenvalue weighted by Crippen LogP contribution is 2.24. The van der Waals surface area contributed by atoms with Gasteiger partial charge in [0.25, 0.3) is 5.91 Å². The minimum Gasteiger partial charge on any atom is -0.336 e. The summed E-state index contributed by atoms with van der Waals surface area (Å²) in [4.78, 5) is 14.3. The molecule has 1 atom stereocenters. The van der Waals surface area contributed by atoms with Crippen molar-refractivity contribution in [3.63, 3.8) is 0 Å². The highest BCUT2D eigenvalue weighted by atomic mass is 32.1. The van der Waals surface area contributed by atoms with E-state index in [0.29, 0.717) is 10.9 Å². The van der Waals surface area contributed by atoms with Crippen LogP contribution in [0.15, 0.2) is 0 Å². The van der Waals surface area contributed by atoms with Crippen LogP contribution in [-0.2, 0) is 0 Å². The van der Waals surface area contributed by atoms with Gasteiger partial charge in [0.1, 0.15) is 5.01 Å². The average Bonchev–Trinajstić information content (AvgIpc) is 2.82. The lowest BCUT2D eigenvalue weighted by Gasteiger charge is -2.32. The first-order chi connectivity index (χ1) is 9.06. The third kappa shape index (κ3) is 4.00. The van der Waals surface area contributed by atoms with Gasteiger partial charge in [0.2, 0.25) is 5.01 Å². The van der Waals surface area contributed by atoms with Crippen LogP contribution in [-0.4, -0.2) is 34.1 Å². The van der Waals surface area contributed by atoms with E-state index in [-0.39, 0.29) is 5.91 Å². The molecule has 0 saturated carbocycles. The van der Waals surface area contributed by atoms with Gasteiger partial charge in [-0.05, 0) is 38.0 Å². The molecule has 1 amide bonds. The molecule has 1 aromatic heterocycles. The topological polar surface area (TPSA) is 46.1 Å². The van der Waals surface area contributed by atoms with Crippen LogP contribution in [0.4, 0.5) is 0 Å². The number of aromatic nitrogens is 2. The molecule has 2 rings (SSSR count). The molecule has 19 heavy (non-hydrogen) atoms. The minimum atomic E-state index is 0.0693. The van der Waals surface area contributed by atoms with Crippen molar-refractivity contribution in [3.8, 4) is 0 Å². The van der Waals surface area contributed by atoms with Gasteiger partial charge >= 0.3 is 0 Å². The number of nitrogens with zero attached hydrogens (tertiary/aromatic N) is 3. The Morgan fingerprint density at radius 1 is 1.47 bits per heavy atom. The van der Waals surface area contributed by atoms with Gasteiger partial charge in [0, 0.05) is 13.1 Å². The van der Waals surface area contributed by atoms with Gasteiger partial charge in [-0.1, -0.05) is 31.6 Å². The summed E-state index contributed by atoms with van der Waals surface area (Å²) in [5.74, 6) is 1.48. The fourth-order valence-corrected chi connectivity index (χ4v) is 3.23. The lowest BCUT2D eigenvalue weighted by molar-refractivity contribution is 0.0663. The van der Waals surface area contributed by atoms with Gasteiger partial charge in [0.05, 0.1) is 0 Å². The largest absolute Gasteiger partial charge is 0.336 e. The van der Waals surface area contributed by atoms with Crippen LogP contribution in [0, 0.1) is 18.8 Å². The van der Waals surface area contributed by atoms with Crippen molar-refractivity contribution in [2.75, 3.05) is 13.1 Å². The first-order valence-corrected chi connectivity index (χ1v) is 7.97. The molecule has 0 aliphatic carbocycles. The first kappa shape index (κ1) is 14.4. The van der Waals surface area contributed by atoms with E-state index in [9.17, 15) is 4.79 Å². The van der Waals surface area contributed by atoms with Crippen molar-refractivity contribution in [2.45, 2.75) is 46.5 Å². The number of amides is 1. The van der Waals surface area contributed by atoms with Gasteiger partial charge in [-0.25, -0.2) is 0 Å². The highest BCUT2D eigenvalue weighted by Gasteiger charge is 2.26. The maximum atomic E-state index is 12.3. The Morgan fingerprint density at radius 3 is 2.89 bits per heavy atom. The van der Waals surface area contributed by atoms with Gasteiger partial charge < -0.3 is 4.90 Å². The summed E-state index contributed by atoms with van der Waals surface area (Å²) in [7, 11) is 0. The van der Waals surface area contributed by atoms with Crippen molar-refractivity contribution < 1.29 is 4.79 Å². The summed E-state index contributed by atoms with van der Waals surface area (Å²) in [6.45, 7) is 8.17. The smallest absolute Gasteiger partial charge is 0.284 e. The normalized spacial score (nSPS) is 20.0. The number of aryl methyl sites for hydroxylation is 1. The number of hydrogen-bond donors (Lipinski definition) is 0. The molecule has 106 valence electrons. The Morgan fingerprint density at radius 2 is 2.26 bits per heavy atom. The number of hydrogen-bond acceptors (Lipinski definition) is 4. The molecule has 2 heterocycles. The van der Waals surface area contributed by atoms with Crippen LogP contribution in [0.5, 0.6) is 0 Å². The molecular formula is C14H23N3OS. The fourth-order valence-electron chi connectivity index (χ4n) is 2.57. The summed E-state index contributed by atoms with van der Waals surface area (Å²) < 4.78 is 0. The molecule has 0 bridgehead atoms. The number of carbonyl (C=O) groups excluding carboxylic acids is 1. The van der Waals surface area contributed by atoms with Crippen LogP contribution in [0.2, 0.25) is 0 Å². The van der Waals surface area contributed by atoms with E-state index in [1.54, 1.807) is 0 Å². The number of carbonyl (C=O) groups is 1. The summed E-state index contributed by atoms with van der Waals surface area (Å²) >= 11 is 1.40. The third-order valence-corrected chi connectivity index (χ3v) is 4.49. The second kappa shape index (κ2) is 6.46. The van der Waals surface area contributed by atoms with E-state index in [1.165, 1.54) is 30.6 Å². The van der Waals surface area contributed by atoms with Gasteiger partial charge in [-0.2, -0.15) is 0 Å². The van der Waals surface area contributed by atoms with Crippen molar-refractivity contribution >= 4 is 17.2 Å². The highest BCUT2D eigenvalue weighted by molar-refractivity contribution is 7.13. The Hall–Kier alpha value is -0.970. The van der Waals surface area contributed by atoms with Crippen LogP contribution in [0.3, 0.4) is 0 Å². The summed E-state index contributed by atoms with van der Waals surface area (Å²) in [5, 5.41) is 9.30. The molecule has 0 N–H and O–H groups in total. The quantitative estimate of drug-likeness (QED) is 0.851. The molecule has 4 nitrogen and oxygen atoms in total.